The first-order valence-corrected chi connectivity index (χ1v) is 5.50. The highest BCUT2D eigenvalue weighted by Crippen LogP contribution is 2.08. The summed E-state index contributed by atoms with van der Waals surface area (Å²) in [4.78, 5) is 22.4. The Morgan fingerprint density at radius 3 is 2.71 bits per heavy atom. The van der Waals surface area contributed by atoms with Gasteiger partial charge in [-0.3, -0.25) is 10.1 Å². The molecule has 5 heteroatoms. The first-order valence-electron chi connectivity index (χ1n) is 5.50. The number of benzene rings is 1. The number of anilines is 1. The molecular formula is C12H17N3O2. The first-order chi connectivity index (χ1) is 8.11. The molecule has 0 saturated carbocycles. The molecule has 0 heterocycles. The van der Waals surface area contributed by atoms with E-state index in [1.807, 2.05) is 31.2 Å². The summed E-state index contributed by atoms with van der Waals surface area (Å²) in [6.07, 6.45) is 0. The normalized spacial score (nSPS) is 9.53. The van der Waals surface area contributed by atoms with Crippen LogP contribution in [0.15, 0.2) is 24.3 Å². The summed E-state index contributed by atoms with van der Waals surface area (Å²) in [5.41, 5.74) is 1.97. The molecule has 0 saturated heterocycles. The fourth-order valence-corrected chi connectivity index (χ4v) is 1.31. The van der Waals surface area contributed by atoms with Gasteiger partial charge in [0.1, 0.15) is 0 Å². The van der Waals surface area contributed by atoms with E-state index in [9.17, 15) is 9.59 Å². The average molecular weight is 235 g/mol. The van der Waals surface area contributed by atoms with Crippen molar-refractivity contribution in [1.29, 1.82) is 0 Å². The van der Waals surface area contributed by atoms with Crippen molar-refractivity contribution < 1.29 is 9.59 Å². The van der Waals surface area contributed by atoms with Gasteiger partial charge in [0, 0.05) is 12.2 Å². The van der Waals surface area contributed by atoms with Crippen LogP contribution in [-0.4, -0.2) is 25.0 Å². The van der Waals surface area contributed by atoms with Crippen LogP contribution in [0.25, 0.3) is 0 Å². The Bertz CT molecular complexity index is 404. The van der Waals surface area contributed by atoms with Crippen molar-refractivity contribution in [3.05, 3.63) is 29.8 Å². The summed E-state index contributed by atoms with van der Waals surface area (Å²) < 4.78 is 0. The molecule has 0 spiro atoms. The third kappa shape index (κ3) is 5.01. The molecule has 92 valence electrons. The van der Waals surface area contributed by atoms with Gasteiger partial charge in [0.25, 0.3) is 0 Å². The molecule has 3 amide bonds. The molecule has 3 N–H and O–H groups in total. The lowest BCUT2D eigenvalue weighted by molar-refractivity contribution is -0.118. The Kier molecular flexibility index (Phi) is 5.00. The second kappa shape index (κ2) is 6.52. The summed E-state index contributed by atoms with van der Waals surface area (Å²) in [6.45, 7) is 4.32. The van der Waals surface area contributed by atoms with E-state index in [1.54, 1.807) is 6.92 Å². The van der Waals surface area contributed by atoms with E-state index in [0.717, 1.165) is 11.3 Å². The van der Waals surface area contributed by atoms with Gasteiger partial charge in [-0.05, 0) is 31.5 Å². The fourth-order valence-electron chi connectivity index (χ4n) is 1.31. The van der Waals surface area contributed by atoms with Crippen LogP contribution in [0.2, 0.25) is 0 Å². The van der Waals surface area contributed by atoms with Crippen molar-refractivity contribution in [2.75, 3.05) is 18.4 Å². The summed E-state index contributed by atoms with van der Waals surface area (Å²) >= 11 is 0. The lowest BCUT2D eigenvalue weighted by Crippen LogP contribution is -2.41. The molecule has 17 heavy (non-hydrogen) atoms. The van der Waals surface area contributed by atoms with E-state index in [0.29, 0.717) is 6.54 Å². The molecule has 1 aromatic rings. The highest BCUT2D eigenvalue weighted by atomic mass is 16.2. The highest BCUT2D eigenvalue weighted by Gasteiger charge is 2.05. The molecule has 0 unspecified atom stereocenters. The van der Waals surface area contributed by atoms with Crippen LogP contribution in [0.1, 0.15) is 12.5 Å². The Labute approximate surface area is 101 Å². The molecule has 0 aliphatic rings. The van der Waals surface area contributed by atoms with E-state index < -0.39 is 6.03 Å². The maximum absolute atomic E-state index is 11.4. The second-order valence-corrected chi connectivity index (χ2v) is 3.63. The number of amides is 3. The molecule has 5 nitrogen and oxygen atoms in total. The Hall–Kier alpha value is -2.04. The van der Waals surface area contributed by atoms with Gasteiger partial charge in [-0.25, -0.2) is 4.79 Å². The van der Waals surface area contributed by atoms with Gasteiger partial charge >= 0.3 is 6.03 Å². The van der Waals surface area contributed by atoms with Crippen molar-refractivity contribution in [2.24, 2.45) is 0 Å². The fraction of sp³-hybridized carbons (Fsp3) is 0.333. The molecule has 0 aromatic heterocycles. The molecule has 0 bridgehead atoms. The molecule has 0 aliphatic carbocycles. The number of rotatable bonds is 4. The number of aryl methyl sites for hydroxylation is 1. The number of imide groups is 1. The Balaban J connectivity index is 2.35. The maximum Gasteiger partial charge on any atom is 0.321 e. The monoisotopic (exact) mass is 235 g/mol. The zero-order chi connectivity index (χ0) is 12.7. The van der Waals surface area contributed by atoms with Gasteiger partial charge in [-0.2, -0.15) is 0 Å². The van der Waals surface area contributed by atoms with Gasteiger partial charge in [-0.1, -0.05) is 12.1 Å². The van der Waals surface area contributed by atoms with Crippen LogP contribution in [0, 0.1) is 6.92 Å². The standard InChI is InChI=1S/C12H17N3O2/c1-3-13-12(17)15-11(16)8-14-10-6-4-5-9(2)7-10/h4-7,14H,3,8H2,1-2H3,(H2,13,15,16,17). The summed E-state index contributed by atoms with van der Waals surface area (Å²) in [5.74, 6) is -0.363. The number of hydrogen-bond donors (Lipinski definition) is 3. The van der Waals surface area contributed by atoms with Crippen LogP contribution in [0.3, 0.4) is 0 Å². The van der Waals surface area contributed by atoms with Gasteiger partial charge in [-0.15, -0.1) is 0 Å². The van der Waals surface area contributed by atoms with Crippen LogP contribution < -0.4 is 16.0 Å². The number of carbonyl (C=O) groups is 2. The Morgan fingerprint density at radius 2 is 2.06 bits per heavy atom. The van der Waals surface area contributed by atoms with E-state index >= 15 is 0 Å². The van der Waals surface area contributed by atoms with Crippen molar-refractivity contribution in [1.82, 2.24) is 10.6 Å². The average Bonchev–Trinajstić information content (AvgIpc) is 2.27. The number of hydrogen-bond acceptors (Lipinski definition) is 3. The summed E-state index contributed by atoms with van der Waals surface area (Å²) in [7, 11) is 0. The predicted molar refractivity (Wildman–Crippen MR) is 66.9 cm³/mol. The minimum Gasteiger partial charge on any atom is -0.376 e. The van der Waals surface area contributed by atoms with E-state index in [4.69, 9.17) is 0 Å². The summed E-state index contributed by atoms with van der Waals surface area (Å²) in [6, 6.07) is 7.20. The number of urea groups is 1. The van der Waals surface area contributed by atoms with E-state index in [2.05, 4.69) is 16.0 Å². The molecule has 0 fully saturated rings. The van der Waals surface area contributed by atoms with Gasteiger partial charge < -0.3 is 10.6 Å². The van der Waals surface area contributed by atoms with E-state index in [-0.39, 0.29) is 12.5 Å². The number of carbonyl (C=O) groups excluding carboxylic acids is 2. The van der Waals surface area contributed by atoms with Crippen molar-refractivity contribution in [2.45, 2.75) is 13.8 Å². The first kappa shape index (κ1) is 13.0. The second-order valence-electron chi connectivity index (χ2n) is 3.63. The van der Waals surface area contributed by atoms with Crippen LogP contribution >= 0.6 is 0 Å². The highest BCUT2D eigenvalue weighted by molar-refractivity contribution is 5.96. The van der Waals surface area contributed by atoms with Gasteiger partial charge in [0.15, 0.2) is 0 Å². The smallest absolute Gasteiger partial charge is 0.321 e. The van der Waals surface area contributed by atoms with Crippen LogP contribution in [0.4, 0.5) is 10.5 Å². The lowest BCUT2D eigenvalue weighted by atomic mass is 10.2. The SMILES string of the molecule is CCNC(=O)NC(=O)CNc1cccc(C)c1. The zero-order valence-corrected chi connectivity index (χ0v) is 10.0. The van der Waals surface area contributed by atoms with Crippen LogP contribution in [-0.2, 0) is 4.79 Å². The molecule has 1 rings (SSSR count). The quantitative estimate of drug-likeness (QED) is 0.735. The minimum absolute atomic E-state index is 0.0700. The molecule has 0 aliphatic heterocycles. The van der Waals surface area contributed by atoms with Gasteiger partial charge in [0.2, 0.25) is 5.91 Å². The lowest BCUT2D eigenvalue weighted by Gasteiger charge is -2.07. The zero-order valence-electron chi connectivity index (χ0n) is 10.0. The molecular weight excluding hydrogens is 218 g/mol. The van der Waals surface area contributed by atoms with Crippen molar-refractivity contribution in [3.63, 3.8) is 0 Å². The topological polar surface area (TPSA) is 70.2 Å². The minimum atomic E-state index is -0.469. The van der Waals surface area contributed by atoms with Gasteiger partial charge in [0.05, 0.1) is 6.54 Å². The third-order valence-corrected chi connectivity index (χ3v) is 2.06. The Morgan fingerprint density at radius 1 is 1.29 bits per heavy atom. The maximum atomic E-state index is 11.4. The molecule has 0 atom stereocenters. The largest absolute Gasteiger partial charge is 0.376 e. The predicted octanol–water partition coefficient (Wildman–Crippen LogP) is 1.25. The number of nitrogens with one attached hydrogen (secondary N) is 3. The molecule has 0 radical (unpaired) electrons. The van der Waals surface area contributed by atoms with E-state index in [1.165, 1.54) is 0 Å². The van der Waals surface area contributed by atoms with Crippen molar-refractivity contribution >= 4 is 17.6 Å². The van der Waals surface area contributed by atoms with Crippen molar-refractivity contribution in [3.8, 4) is 0 Å². The third-order valence-electron chi connectivity index (χ3n) is 2.06. The van der Waals surface area contributed by atoms with Crippen LogP contribution in [0.5, 0.6) is 0 Å². The summed E-state index contributed by atoms with van der Waals surface area (Å²) in [5, 5.41) is 7.64. The molecule has 1 aromatic carbocycles.